The van der Waals surface area contributed by atoms with E-state index in [1.165, 1.54) is 0 Å². The second-order valence-electron chi connectivity index (χ2n) is 3.01. The first-order chi connectivity index (χ1) is 6.61. The van der Waals surface area contributed by atoms with Gasteiger partial charge in [0.2, 0.25) is 0 Å². The van der Waals surface area contributed by atoms with Crippen molar-refractivity contribution in [2.75, 3.05) is 7.05 Å². The third kappa shape index (κ3) is 1.90. The number of hydrogen-bond donors (Lipinski definition) is 1. The van der Waals surface area contributed by atoms with E-state index in [1.54, 1.807) is 14.0 Å². The van der Waals surface area contributed by atoms with Crippen molar-refractivity contribution in [2.24, 2.45) is 0 Å². The predicted octanol–water partition coefficient (Wildman–Crippen LogP) is 2.77. The molecule has 0 aromatic heterocycles. The molecular weight excluding hydrogens is 191 g/mol. The van der Waals surface area contributed by atoms with Gasteiger partial charge in [0, 0.05) is 11.6 Å². The van der Waals surface area contributed by atoms with Crippen LogP contribution in [-0.4, -0.2) is 7.05 Å². The maximum atomic E-state index is 13.2. The van der Waals surface area contributed by atoms with E-state index in [-0.39, 0.29) is 5.56 Å². The van der Waals surface area contributed by atoms with Crippen molar-refractivity contribution in [1.29, 1.82) is 0 Å². The molecule has 0 bridgehead atoms. The highest BCUT2D eigenvalue weighted by Gasteiger charge is 2.19. The molecule has 1 nitrogen and oxygen atoms in total. The second-order valence-corrected chi connectivity index (χ2v) is 3.01. The zero-order chi connectivity index (χ0) is 10.7. The maximum absolute atomic E-state index is 13.2. The summed E-state index contributed by atoms with van der Waals surface area (Å²) in [6.07, 6.45) is 0.494. The van der Waals surface area contributed by atoms with Crippen LogP contribution < -0.4 is 5.32 Å². The fourth-order valence-electron chi connectivity index (χ4n) is 1.41. The van der Waals surface area contributed by atoms with E-state index in [9.17, 15) is 13.2 Å². The van der Waals surface area contributed by atoms with E-state index in [2.05, 4.69) is 5.32 Å². The Balaban J connectivity index is 3.23. The average molecular weight is 203 g/mol. The van der Waals surface area contributed by atoms with Gasteiger partial charge in [-0.15, -0.1) is 0 Å². The van der Waals surface area contributed by atoms with Gasteiger partial charge in [0.25, 0.3) is 0 Å². The molecule has 4 heteroatoms. The van der Waals surface area contributed by atoms with Gasteiger partial charge in [-0.1, -0.05) is 6.92 Å². The summed E-state index contributed by atoms with van der Waals surface area (Å²) in [6.45, 7) is 1.77. The lowest BCUT2D eigenvalue weighted by atomic mass is 10.0. The zero-order valence-electron chi connectivity index (χ0n) is 8.07. The van der Waals surface area contributed by atoms with Crippen molar-refractivity contribution in [3.05, 3.63) is 35.1 Å². The quantitative estimate of drug-likeness (QED) is 0.745. The van der Waals surface area contributed by atoms with Gasteiger partial charge in [0.15, 0.2) is 11.6 Å². The summed E-state index contributed by atoms with van der Waals surface area (Å²) in [6, 6.07) is 1.23. The highest BCUT2D eigenvalue weighted by atomic mass is 19.2. The van der Waals surface area contributed by atoms with E-state index >= 15 is 0 Å². The summed E-state index contributed by atoms with van der Waals surface area (Å²) in [5.41, 5.74) is -0.227. The molecule has 14 heavy (non-hydrogen) atoms. The highest BCUT2D eigenvalue weighted by Crippen LogP contribution is 2.24. The van der Waals surface area contributed by atoms with Gasteiger partial charge in [-0.3, -0.25) is 0 Å². The van der Waals surface area contributed by atoms with Crippen LogP contribution in [0.25, 0.3) is 0 Å². The predicted molar refractivity (Wildman–Crippen MR) is 48.4 cm³/mol. The fraction of sp³-hybridized carbons (Fsp3) is 0.400. The van der Waals surface area contributed by atoms with Crippen LogP contribution in [-0.2, 0) is 0 Å². The minimum Gasteiger partial charge on any atom is -0.313 e. The number of rotatable bonds is 3. The molecule has 1 N–H and O–H groups in total. The van der Waals surface area contributed by atoms with Crippen LogP contribution in [0, 0.1) is 17.5 Å². The molecule has 0 heterocycles. The van der Waals surface area contributed by atoms with Gasteiger partial charge in [-0.2, -0.15) is 0 Å². The topological polar surface area (TPSA) is 12.0 Å². The van der Waals surface area contributed by atoms with E-state index in [0.29, 0.717) is 6.42 Å². The number of hydrogen-bond acceptors (Lipinski definition) is 1. The number of benzene rings is 1. The van der Waals surface area contributed by atoms with Crippen LogP contribution in [0.2, 0.25) is 0 Å². The van der Waals surface area contributed by atoms with E-state index in [0.717, 1.165) is 12.1 Å². The molecule has 0 saturated carbocycles. The molecule has 1 atom stereocenters. The van der Waals surface area contributed by atoms with Gasteiger partial charge in [0.1, 0.15) is 5.82 Å². The largest absolute Gasteiger partial charge is 0.313 e. The van der Waals surface area contributed by atoms with Gasteiger partial charge in [-0.05, 0) is 25.6 Å². The van der Waals surface area contributed by atoms with Gasteiger partial charge < -0.3 is 5.32 Å². The lowest BCUT2D eigenvalue weighted by Crippen LogP contribution is -2.19. The first kappa shape index (κ1) is 11.0. The standard InChI is InChI=1S/C10H12F3N/c1-3-8(14-2)9-6(11)4-5-7(12)10(9)13/h4-5,8,14H,3H2,1-2H3. The first-order valence-corrected chi connectivity index (χ1v) is 4.42. The van der Waals surface area contributed by atoms with Crippen molar-refractivity contribution in [3.63, 3.8) is 0 Å². The minimum atomic E-state index is -1.11. The zero-order valence-corrected chi connectivity index (χ0v) is 8.07. The Labute approximate surface area is 80.9 Å². The first-order valence-electron chi connectivity index (χ1n) is 4.42. The molecule has 1 rings (SSSR count). The Bertz CT molecular complexity index is 321. The molecule has 0 aliphatic rings. The minimum absolute atomic E-state index is 0.227. The van der Waals surface area contributed by atoms with E-state index in [4.69, 9.17) is 0 Å². The van der Waals surface area contributed by atoms with Crippen LogP contribution in [0.1, 0.15) is 24.9 Å². The molecule has 0 amide bonds. The van der Waals surface area contributed by atoms with Crippen molar-refractivity contribution in [2.45, 2.75) is 19.4 Å². The van der Waals surface area contributed by atoms with Crippen LogP contribution in [0.15, 0.2) is 12.1 Å². The Morgan fingerprint density at radius 2 is 1.79 bits per heavy atom. The third-order valence-electron chi connectivity index (χ3n) is 2.18. The Morgan fingerprint density at radius 1 is 1.21 bits per heavy atom. The monoisotopic (exact) mass is 203 g/mol. The fourth-order valence-corrected chi connectivity index (χ4v) is 1.41. The molecule has 0 saturated heterocycles. The molecule has 1 aromatic carbocycles. The lowest BCUT2D eigenvalue weighted by Gasteiger charge is -2.15. The van der Waals surface area contributed by atoms with E-state index in [1.807, 2.05) is 0 Å². The molecule has 0 aliphatic heterocycles. The summed E-state index contributed by atoms with van der Waals surface area (Å²) in [4.78, 5) is 0. The second kappa shape index (κ2) is 4.46. The summed E-state index contributed by atoms with van der Waals surface area (Å²) < 4.78 is 39.3. The molecule has 0 fully saturated rings. The molecule has 1 aromatic rings. The van der Waals surface area contributed by atoms with Crippen molar-refractivity contribution < 1.29 is 13.2 Å². The molecule has 1 unspecified atom stereocenters. The SMILES string of the molecule is CCC(NC)c1c(F)ccc(F)c1F. The third-order valence-corrected chi connectivity index (χ3v) is 2.18. The normalized spacial score (nSPS) is 12.9. The molecule has 0 radical (unpaired) electrons. The number of nitrogens with one attached hydrogen (secondary N) is 1. The summed E-state index contributed by atoms with van der Waals surface area (Å²) in [5, 5.41) is 2.73. The molecule has 78 valence electrons. The Kier molecular flexibility index (Phi) is 3.52. The van der Waals surface area contributed by atoms with Gasteiger partial charge in [-0.25, -0.2) is 13.2 Å². The Morgan fingerprint density at radius 3 is 2.29 bits per heavy atom. The van der Waals surface area contributed by atoms with E-state index < -0.39 is 23.5 Å². The number of halogens is 3. The van der Waals surface area contributed by atoms with Crippen molar-refractivity contribution >= 4 is 0 Å². The maximum Gasteiger partial charge on any atom is 0.166 e. The lowest BCUT2D eigenvalue weighted by molar-refractivity contribution is 0.443. The van der Waals surface area contributed by atoms with Crippen LogP contribution >= 0.6 is 0 Å². The highest BCUT2D eigenvalue weighted by molar-refractivity contribution is 5.24. The summed E-state index contributed by atoms with van der Waals surface area (Å²) in [7, 11) is 1.58. The molecule has 0 aliphatic carbocycles. The van der Waals surface area contributed by atoms with Crippen LogP contribution in [0.3, 0.4) is 0 Å². The molecule has 0 spiro atoms. The van der Waals surface area contributed by atoms with Crippen LogP contribution in [0.5, 0.6) is 0 Å². The average Bonchev–Trinajstić information content (AvgIpc) is 2.19. The van der Waals surface area contributed by atoms with Crippen molar-refractivity contribution in [3.8, 4) is 0 Å². The van der Waals surface area contributed by atoms with Crippen molar-refractivity contribution in [1.82, 2.24) is 5.32 Å². The summed E-state index contributed by atoms with van der Waals surface area (Å²) >= 11 is 0. The van der Waals surface area contributed by atoms with Gasteiger partial charge >= 0.3 is 0 Å². The van der Waals surface area contributed by atoms with Crippen LogP contribution in [0.4, 0.5) is 13.2 Å². The summed E-state index contributed by atoms with van der Waals surface area (Å²) in [5.74, 6) is -2.84. The Hall–Kier alpha value is -1.03. The molecular formula is C10H12F3N. The smallest absolute Gasteiger partial charge is 0.166 e. The van der Waals surface area contributed by atoms with Gasteiger partial charge in [0.05, 0.1) is 0 Å².